The number of allylic oxidation sites excluding steroid dienone is 1. The Labute approximate surface area is 199 Å². The van der Waals surface area contributed by atoms with Crippen LogP contribution in [0, 0.1) is 23.0 Å². The van der Waals surface area contributed by atoms with Gasteiger partial charge >= 0.3 is 11.9 Å². The molecule has 3 rings (SSSR count). The van der Waals surface area contributed by atoms with Gasteiger partial charge in [0.2, 0.25) is 0 Å². The van der Waals surface area contributed by atoms with Crippen LogP contribution < -0.4 is 10.6 Å². The molecule has 35 heavy (non-hydrogen) atoms. The second kappa shape index (κ2) is 9.55. The first-order chi connectivity index (χ1) is 16.5. The number of methoxy groups -OCH3 is 2. The zero-order valence-electron chi connectivity index (χ0n) is 18.7. The van der Waals surface area contributed by atoms with E-state index >= 15 is 8.78 Å². The minimum absolute atomic E-state index is 0.310. The largest absolute Gasteiger partial charge is 0.466 e. The van der Waals surface area contributed by atoms with E-state index in [1.807, 2.05) is 6.07 Å². The van der Waals surface area contributed by atoms with Crippen LogP contribution in [0.3, 0.4) is 0 Å². The van der Waals surface area contributed by atoms with Crippen LogP contribution in [0.5, 0.6) is 0 Å². The summed E-state index contributed by atoms with van der Waals surface area (Å²) >= 11 is 0. The van der Waals surface area contributed by atoms with Crippen molar-refractivity contribution in [1.29, 1.82) is 5.26 Å². The van der Waals surface area contributed by atoms with E-state index in [0.29, 0.717) is 22.6 Å². The third kappa shape index (κ3) is 4.45. The third-order valence-corrected chi connectivity index (χ3v) is 6.34. The lowest BCUT2D eigenvalue weighted by molar-refractivity contribution is -0.139. The molecule has 1 aliphatic rings. The van der Waals surface area contributed by atoms with Crippen LogP contribution in [0.1, 0.15) is 11.5 Å². The van der Waals surface area contributed by atoms with Crippen molar-refractivity contribution in [3.8, 4) is 6.07 Å². The van der Waals surface area contributed by atoms with Gasteiger partial charge in [0.1, 0.15) is 17.2 Å². The Kier molecular flexibility index (Phi) is 6.93. The molecule has 0 saturated heterocycles. The second-order valence-corrected chi connectivity index (χ2v) is 9.36. The van der Waals surface area contributed by atoms with E-state index in [4.69, 9.17) is 15.2 Å². The van der Waals surface area contributed by atoms with Gasteiger partial charge in [-0.1, -0.05) is 30.3 Å². The fourth-order valence-electron chi connectivity index (χ4n) is 3.72. The molecule has 1 heterocycles. The van der Waals surface area contributed by atoms with Crippen LogP contribution in [0.2, 0.25) is 0 Å². The summed E-state index contributed by atoms with van der Waals surface area (Å²) in [6.45, 7) is 0. The molecule has 2 aromatic carbocycles. The number of hydrogen-bond donors (Lipinski definition) is 1. The Balaban J connectivity index is 2.48. The maximum absolute atomic E-state index is 15.2. The number of esters is 2. The van der Waals surface area contributed by atoms with Gasteiger partial charge in [0.05, 0.1) is 42.2 Å². The van der Waals surface area contributed by atoms with Crippen LogP contribution in [0.25, 0.3) is 0 Å². The number of sulfone groups is 1. The molecule has 0 saturated carbocycles. The van der Waals surface area contributed by atoms with Gasteiger partial charge in [-0.15, -0.1) is 0 Å². The van der Waals surface area contributed by atoms with Crippen molar-refractivity contribution in [3.63, 3.8) is 0 Å². The number of halogens is 2. The molecule has 0 fully saturated rings. The maximum Gasteiger partial charge on any atom is 0.355 e. The first-order valence-electron chi connectivity index (χ1n) is 9.82. The zero-order chi connectivity index (χ0) is 26.1. The van der Waals surface area contributed by atoms with E-state index in [2.05, 4.69) is 0 Å². The van der Waals surface area contributed by atoms with Crippen molar-refractivity contribution in [2.24, 2.45) is 5.73 Å². The van der Waals surface area contributed by atoms with Crippen LogP contribution in [-0.4, -0.2) is 40.8 Å². The number of anilines is 1. The lowest BCUT2D eigenvalue weighted by Crippen LogP contribution is -2.41. The molecule has 2 N–H and O–H groups in total. The van der Waals surface area contributed by atoms with Crippen molar-refractivity contribution in [2.45, 2.75) is 10.8 Å². The topological polar surface area (TPSA) is 140 Å². The summed E-state index contributed by atoms with van der Waals surface area (Å²) in [5.74, 6) is -6.95. The first kappa shape index (κ1) is 25.4. The highest BCUT2D eigenvalue weighted by atomic mass is 32.2. The van der Waals surface area contributed by atoms with E-state index in [1.54, 1.807) is 30.3 Å². The number of benzene rings is 2. The molecule has 182 valence electrons. The molecule has 9 nitrogen and oxygen atoms in total. The van der Waals surface area contributed by atoms with Crippen molar-refractivity contribution < 1.29 is 36.3 Å². The molecule has 0 aliphatic carbocycles. The number of rotatable bonds is 5. The zero-order valence-corrected chi connectivity index (χ0v) is 19.5. The molecule has 1 aliphatic heterocycles. The van der Waals surface area contributed by atoms with Crippen LogP contribution in [0.4, 0.5) is 14.5 Å². The van der Waals surface area contributed by atoms with Crippen molar-refractivity contribution >= 4 is 27.5 Å². The van der Waals surface area contributed by atoms with E-state index in [0.717, 1.165) is 20.5 Å². The number of carbonyl (C=O) groups is 2. The minimum Gasteiger partial charge on any atom is -0.466 e. The molecule has 0 amide bonds. The predicted molar refractivity (Wildman–Crippen MR) is 119 cm³/mol. The normalized spacial score (nSPS) is 16.1. The maximum atomic E-state index is 15.2. The summed E-state index contributed by atoms with van der Waals surface area (Å²) in [7, 11) is -2.01. The Bertz CT molecular complexity index is 1410. The summed E-state index contributed by atoms with van der Waals surface area (Å²) in [5, 5.41) is 9.93. The van der Waals surface area contributed by atoms with E-state index < -0.39 is 67.0 Å². The quantitative estimate of drug-likeness (QED) is 0.609. The highest BCUT2D eigenvalue weighted by Crippen LogP contribution is 2.44. The van der Waals surface area contributed by atoms with Crippen LogP contribution in [-0.2, 0) is 28.9 Å². The Hall–Kier alpha value is -4.24. The molecular formula is C23H19F2N3O6S. The van der Waals surface area contributed by atoms with Gasteiger partial charge in [-0.25, -0.2) is 26.8 Å². The van der Waals surface area contributed by atoms with Gasteiger partial charge in [-0.3, -0.25) is 4.90 Å². The van der Waals surface area contributed by atoms with Crippen molar-refractivity contribution in [2.75, 3.05) is 25.4 Å². The molecule has 0 aromatic heterocycles. The number of nitrogens with two attached hydrogens (primary N) is 1. The van der Waals surface area contributed by atoms with E-state index in [9.17, 15) is 23.3 Å². The Morgan fingerprint density at radius 2 is 1.60 bits per heavy atom. The summed E-state index contributed by atoms with van der Waals surface area (Å²) in [6.07, 6.45) is 0.753. The Morgan fingerprint density at radius 1 is 1.06 bits per heavy atom. The first-order valence-corrected chi connectivity index (χ1v) is 11.7. The van der Waals surface area contributed by atoms with E-state index in [1.165, 1.54) is 0 Å². The van der Waals surface area contributed by atoms with Gasteiger partial charge in [0, 0.05) is 6.26 Å². The molecule has 0 spiro atoms. The molecule has 1 atom stereocenters. The highest BCUT2D eigenvalue weighted by molar-refractivity contribution is 7.90. The SMILES string of the molecule is COC(=O)C1=C(C(=O)OC)N(c2c(F)cc(S(C)(=O)=O)cc2F)C(N)=C(C#N)C1c1ccccc1. The fraction of sp³-hybridized carbons (Fsp3) is 0.174. The molecule has 2 aromatic rings. The monoisotopic (exact) mass is 503 g/mol. The molecule has 12 heteroatoms. The number of carbonyl (C=O) groups excluding carboxylic acids is 2. The van der Waals surface area contributed by atoms with Gasteiger partial charge in [-0.2, -0.15) is 5.26 Å². The molecule has 0 bridgehead atoms. The number of nitrogens with zero attached hydrogens (tertiary/aromatic N) is 2. The van der Waals surface area contributed by atoms with Gasteiger partial charge in [0.15, 0.2) is 21.5 Å². The molecule has 0 radical (unpaired) electrons. The van der Waals surface area contributed by atoms with Gasteiger partial charge in [-0.05, 0) is 17.7 Å². The summed E-state index contributed by atoms with van der Waals surface area (Å²) in [6, 6.07) is 10.9. The second-order valence-electron chi connectivity index (χ2n) is 7.34. The smallest absolute Gasteiger partial charge is 0.355 e. The van der Waals surface area contributed by atoms with E-state index in [-0.39, 0.29) is 5.57 Å². The average molecular weight is 503 g/mol. The van der Waals surface area contributed by atoms with Crippen molar-refractivity contribution in [3.05, 3.63) is 82.3 Å². The standard InChI is InChI=1S/C23H19F2N3O6S/c1-33-22(29)18-17(12-7-5-4-6-8-12)14(11-26)21(27)28(20(18)23(30)34-2)19-15(24)9-13(10-16(19)25)35(3,31)32/h4-10,17H,27H2,1-3H3. The van der Waals surface area contributed by atoms with Gasteiger partial charge in [0.25, 0.3) is 0 Å². The number of nitriles is 1. The average Bonchev–Trinajstić information content (AvgIpc) is 2.82. The van der Waals surface area contributed by atoms with Gasteiger partial charge < -0.3 is 15.2 Å². The summed E-state index contributed by atoms with van der Waals surface area (Å²) in [4.78, 5) is 25.7. The predicted octanol–water partition coefficient (Wildman–Crippen LogP) is 2.27. The number of ether oxygens (including phenoxy) is 2. The summed E-state index contributed by atoms with van der Waals surface area (Å²) in [5.41, 5.74) is 4.09. The summed E-state index contributed by atoms with van der Waals surface area (Å²) < 4.78 is 63.7. The lowest BCUT2D eigenvalue weighted by atomic mass is 9.81. The van der Waals surface area contributed by atoms with Crippen molar-refractivity contribution in [1.82, 2.24) is 0 Å². The minimum atomic E-state index is -4.00. The molecular weight excluding hydrogens is 484 g/mol. The fourth-order valence-corrected chi connectivity index (χ4v) is 4.35. The number of hydrogen-bond acceptors (Lipinski definition) is 9. The molecule has 1 unspecified atom stereocenters. The van der Waals surface area contributed by atoms with Crippen LogP contribution in [0.15, 0.2) is 70.0 Å². The highest BCUT2D eigenvalue weighted by Gasteiger charge is 2.44. The third-order valence-electron chi connectivity index (χ3n) is 5.25. The Morgan fingerprint density at radius 3 is 2.06 bits per heavy atom. The van der Waals surface area contributed by atoms with Crippen LogP contribution >= 0.6 is 0 Å². The lowest BCUT2D eigenvalue weighted by Gasteiger charge is -2.36.